The SMILES string of the molecule is CCCCc1cccc(-c2ccc(C(=O)O)c(O)c2)c1. The predicted octanol–water partition coefficient (Wildman–Crippen LogP) is 4.10. The first kappa shape index (κ1) is 14.1. The van der Waals surface area contributed by atoms with E-state index in [1.165, 1.54) is 17.7 Å². The smallest absolute Gasteiger partial charge is 0.339 e. The second-order valence-electron chi connectivity index (χ2n) is 4.84. The van der Waals surface area contributed by atoms with Crippen LogP contribution < -0.4 is 0 Å². The Hall–Kier alpha value is -2.29. The molecule has 20 heavy (non-hydrogen) atoms. The van der Waals surface area contributed by atoms with E-state index in [0.29, 0.717) is 0 Å². The van der Waals surface area contributed by atoms with E-state index < -0.39 is 5.97 Å². The number of hydrogen-bond donors (Lipinski definition) is 2. The summed E-state index contributed by atoms with van der Waals surface area (Å²) in [7, 11) is 0. The Morgan fingerprint density at radius 2 is 1.85 bits per heavy atom. The van der Waals surface area contributed by atoms with Gasteiger partial charge in [0.15, 0.2) is 0 Å². The standard InChI is InChI=1S/C17H18O3/c1-2-3-5-12-6-4-7-13(10-12)14-8-9-15(17(19)20)16(18)11-14/h4,6-11,18H,2-3,5H2,1H3,(H,19,20). The number of aromatic hydroxyl groups is 1. The first-order valence-electron chi connectivity index (χ1n) is 6.77. The molecule has 0 spiro atoms. The van der Waals surface area contributed by atoms with Gasteiger partial charge in [0.05, 0.1) is 0 Å². The molecule has 0 amide bonds. The molecule has 0 aliphatic rings. The minimum Gasteiger partial charge on any atom is -0.507 e. The van der Waals surface area contributed by atoms with E-state index in [1.807, 2.05) is 12.1 Å². The molecular formula is C17H18O3. The number of hydrogen-bond acceptors (Lipinski definition) is 2. The van der Waals surface area contributed by atoms with Crippen molar-refractivity contribution < 1.29 is 15.0 Å². The molecule has 0 bridgehead atoms. The molecule has 2 aromatic rings. The molecule has 2 aromatic carbocycles. The Bertz CT molecular complexity index is 617. The average molecular weight is 270 g/mol. The molecule has 0 atom stereocenters. The molecule has 0 saturated heterocycles. The molecule has 0 aliphatic heterocycles. The molecule has 0 saturated carbocycles. The normalized spacial score (nSPS) is 10.4. The number of aromatic carboxylic acids is 1. The number of rotatable bonds is 5. The lowest BCUT2D eigenvalue weighted by Gasteiger charge is -2.07. The maximum absolute atomic E-state index is 10.9. The number of benzene rings is 2. The van der Waals surface area contributed by atoms with Gasteiger partial charge in [-0.25, -0.2) is 4.79 Å². The van der Waals surface area contributed by atoms with Crippen LogP contribution >= 0.6 is 0 Å². The van der Waals surface area contributed by atoms with Crippen LogP contribution in [0.5, 0.6) is 5.75 Å². The maximum atomic E-state index is 10.9. The third-order valence-corrected chi connectivity index (χ3v) is 3.31. The van der Waals surface area contributed by atoms with Crippen LogP contribution in [0.2, 0.25) is 0 Å². The monoisotopic (exact) mass is 270 g/mol. The Kier molecular flexibility index (Phi) is 4.41. The van der Waals surface area contributed by atoms with E-state index in [2.05, 4.69) is 19.1 Å². The molecule has 0 heterocycles. The Morgan fingerprint density at radius 3 is 2.50 bits per heavy atom. The van der Waals surface area contributed by atoms with Gasteiger partial charge in [0.1, 0.15) is 11.3 Å². The van der Waals surface area contributed by atoms with Crippen LogP contribution in [-0.4, -0.2) is 16.2 Å². The first-order valence-corrected chi connectivity index (χ1v) is 6.77. The lowest BCUT2D eigenvalue weighted by Crippen LogP contribution is -1.96. The van der Waals surface area contributed by atoms with Gasteiger partial charge in [-0.2, -0.15) is 0 Å². The van der Waals surface area contributed by atoms with Crippen molar-refractivity contribution >= 4 is 5.97 Å². The number of carboxylic acids is 1. The van der Waals surface area contributed by atoms with Crippen LogP contribution in [0, 0.1) is 0 Å². The number of unbranched alkanes of at least 4 members (excludes halogenated alkanes) is 1. The third-order valence-electron chi connectivity index (χ3n) is 3.31. The van der Waals surface area contributed by atoms with Crippen LogP contribution in [0.3, 0.4) is 0 Å². The van der Waals surface area contributed by atoms with E-state index in [9.17, 15) is 9.90 Å². The number of carbonyl (C=O) groups is 1. The predicted molar refractivity (Wildman–Crippen MR) is 79.1 cm³/mol. The molecular weight excluding hydrogens is 252 g/mol. The highest BCUT2D eigenvalue weighted by Crippen LogP contribution is 2.27. The Labute approximate surface area is 118 Å². The van der Waals surface area contributed by atoms with Gasteiger partial charge in [0.25, 0.3) is 0 Å². The van der Waals surface area contributed by atoms with Gasteiger partial charge >= 0.3 is 5.97 Å². The lowest BCUT2D eigenvalue weighted by molar-refractivity contribution is 0.0694. The topological polar surface area (TPSA) is 57.5 Å². The highest BCUT2D eigenvalue weighted by atomic mass is 16.4. The van der Waals surface area contributed by atoms with Crippen molar-refractivity contribution in [2.24, 2.45) is 0 Å². The average Bonchev–Trinajstić information content (AvgIpc) is 2.45. The number of carboxylic acid groups (broad SMARTS) is 1. The zero-order chi connectivity index (χ0) is 14.5. The molecule has 104 valence electrons. The molecule has 2 rings (SSSR count). The summed E-state index contributed by atoms with van der Waals surface area (Å²) in [6, 6.07) is 12.8. The van der Waals surface area contributed by atoms with Crippen molar-refractivity contribution in [3.63, 3.8) is 0 Å². The molecule has 0 unspecified atom stereocenters. The second kappa shape index (κ2) is 6.24. The fourth-order valence-corrected chi connectivity index (χ4v) is 2.18. The highest BCUT2D eigenvalue weighted by Gasteiger charge is 2.10. The largest absolute Gasteiger partial charge is 0.507 e. The van der Waals surface area contributed by atoms with E-state index in [1.54, 1.807) is 6.07 Å². The van der Waals surface area contributed by atoms with Crippen LogP contribution in [0.4, 0.5) is 0 Å². The van der Waals surface area contributed by atoms with Gasteiger partial charge in [0, 0.05) is 0 Å². The van der Waals surface area contributed by atoms with E-state index in [-0.39, 0.29) is 11.3 Å². The molecule has 3 heteroatoms. The third kappa shape index (κ3) is 3.18. The van der Waals surface area contributed by atoms with Crippen LogP contribution in [0.25, 0.3) is 11.1 Å². The highest BCUT2D eigenvalue weighted by molar-refractivity contribution is 5.91. The van der Waals surface area contributed by atoms with Crippen molar-refractivity contribution in [2.45, 2.75) is 26.2 Å². The lowest BCUT2D eigenvalue weighted by atomic mass is 9.99. The van der Waals surface area contributed by atoms with Gasteiger partial charge in [-0.05, 0) is 41.7 Å². The van der Waals surface area contributed by atoms with Gasteiger partial charge < -0.3 is 10.2 Å². The van der Waals surface area contributed by atoms with E-state index in [4.69, 9.17) is 5.11 Å². The minimum absolute atomic E-state index is 0.0733. The fourth-order valence-electron chi connectivity index (χ4n) is 2.18. The van der Waals surface area contributed by atoms with Crippen LogP contribution in [-0.2, 0) is 6.42 Å². The Balaban J connectivity index is 2.31. The zero-order valence-electron chi connectivity index (χ0n) is 11.5. The Morgan fingerprint density at radius 1 is 1.10 bits per heavy atom. The summed E-state index contributed by atoms with van der Waals surface area (Å²) >= 11 is 0. The minimum atomic E-state index is -1.12. The van der Waals surface area contributed by atoms with Crippen LogP contribution in [0.15, 0.2) is 42.5 Å². The molecule has 0 aromatic heterocycles. The molecule has 0 fully saturated rings. The van der Waals surface area contributed by atoms with E-state index >= 15 is 0 Å². The van der Waals surface area contributed by atoms with Gasteiger partial charge in [-0.15, -0.1) is 0 Å². The molecule has 3 nitrogen and oxygen atoms in total. The quantitative estimate of drug-likeness (QED) is 0.860. The first-order chi connectivity index (χ1) is 9.61. The van der Waals surface area contributed by atoms with Gasteiger partial charge in [0.2, 0.25) is 0 Å². The van der Waals surface area contributed by atoms with Crippen LogP contribution in [0.1, 0.15) is 35.7 Å². The molecule has 0 aliphatic carbocycles. The van der Waals surface area contributed by atoms with Crippen molar-refractivity contribution in [3.05, 3.63) is 53.6 Å². The number of phenols is 1. The van der Waals surface area contributed by atoms with Crippen molar-refractivity contribution in [1.82, 2.24) is 0 Å². The fraction of sp³-hybridized carbons (Fsp3) is 0.235. The molecule has 0 radical (unpaired) electrons. The summed E-state index contributed by atoms with van der Waals surface area (Å²) in [4.78, 5) is 10.9. The van der Waals surface area contributed by atoms with Gasteiger partial charge in [-0.1, -0.05) is 43.7 Å². The maximum Gasteiger partial charge on any atom is 0.339 e. The molecule has 2 N–H and O–H groups in total. The summed E-state index contributed by atoms with van der Waals surface area (Å²) in [6.45, 7) is 2.16. The van der Waals surface area contributed by atoms with Crippen molar-refractivity contribution in [1.29, 1.82) is 0 Å². The number of aryl methyl sites for hydroxylation is 1. The summed E-state index contributed by atoms with van der Waals surface area (Å²) in [5.74, 6) is -1.32. The summed E-state index contributed by atoms with van der Waals surface area (Å²) < 4.78 is 0. The second-order valence-corrected chi connectivity index (χ2v) is 4.84. The van der Waals surface area contributed by atoms with Crippen molar-refractivity contribution in [3.8, 4) is 16.9 Å². The summed E-state index contributed by atoms with van der Waals surface area (Å²) in [5, 5.41) is 18.7. The zero-order valence-corrected chi connectivity index (χ0v) is 11.5. The van der Waals surface area contributed by atoms with E-state index in [0.717, 1.165) is 30.4 Å². The summed E-state index contributed by atoms with van der Waals surface area (Å²) in [5.41, 5.74) is 3.00. The summed E-state index contributed by atoms with van der Waals surface area (Å²) in [6.07, 6.45) is 3.33. The van der Waals surface area contributed by atoms with Gasteiger partial charge in [-0.3, -0.25) is 0 Å². The van der Waals surface area contributed by atoms with Crippen molar-refractivity contribution in [2.75, 3.05) is 0 Å².